The monoisotopic (exact) mass is 482 g/mol. The SMILES string of the molecule is Fc1ccnc(N=C(c2ccccc2)c2ccccc2)c1C(Br)COC1CCCCO1. The second kappa shape index (κ2) is 10.8. The van der Waals surface area contributed by atoms with Crippen LogP contribution in [-0.2, 0) is 9.47 Å². The summed E-state index contributed by atoms with van der Waals surface area (Å²) in [5, 5.41) is 0. The molecule has 4 nitrogen and oxygen atoms in total. The molecule has 2 aromatic carbocycles. The second-order valence-electron chi connectivity index (χ2n) is 7.32. The molecule has 1 aliphatic rings. The molecule has 0 spiro atoms. The number of benzene rings is 2. The van der Waals surface area contributed by atoms with Gasteiger partial charge >= 0.3 is 0 Å². The van der Waals surface area contributed by atoms with Gasteiger partial charge in [-0.05, 0) is 25.3 Å². The van der Waals surface area contributed by atoms with Crippen LogP contribution in [0.2, 0.25) is 0 Å². The van der Waals surface area contributed by atoms with Crippen LogP contribution >= 0.6 is 15.9 Å². The van der Waals surface area contributed by atoms with Crippen LogP contribution in [0, 0.1) is 5.82 Å². The van der Waals surface area contributed by atoms with Crippen molar-refractivity contribution in [2.75, 3.05) is 13.2 Å². The van der Waals surface area contributed by atoms with Crippen molar-refractivity contribution in [3.05, 3.63) is 95.4 Å². The van der Waals surface area contributed by atoms with E-state index in [9.17, 15) is 4.39 Å². The lowest BCUT2D eigenvalue weighted by atomic mass is 10.0. The first-order chi connectivity index (χ1) is 15.2. The van der Waals surface area contributed by atoms with Crippen LogP contribution in [0.5, 0.6) is 0 Å². The van der Waals surface area contributed by atoms with Gasteiger partial charge in [0.2, 0.25) is 0 Å². The van der Waals surface area contributed by atoms with Gasteiger partial charge < -0.3 is 9.47 Å². The molecular formula is C25H24BrFN2O2. The van der Waals surface area contributed by atoms with E-state index in [4.69, 9.17) is 14.5 Å². The van der Waals surface area contributed by atoms with Crippen molar-refractivity contribution in [1.29, 1.82) is 0 Å². The van der Waals surface area contributed by atoms with Crippen LogP contribution < -0.4 is 0 Å². The summed E-state index contributed by atoms with van der Waals surface area (Å²) in [6.45, 7) is 0.966. The fourth-order valence-electron chi connectivity index (χ4n) is 3.53. The highest BCUT2D eigenvalue weighted by Crippen LogP contribution is 2.34. The fraction of sp³-hybridized carbons (Fsp3) is 0.280. The highest BCUT2D eigenvalue weighted by Gasteiger charge is 2.22. The molecule has 160 valence electrons. The number of hydrogen-bond acceptors (Lipinski definition) is 4. The molecule has 0 radical (unpaired) electrons. The first kappa shape index (κ1) is 21.8. The number of halogens is 2. The van der Waals surface area contributed by atoms with Gasteiger partial charge in [-0.1, -0.05) is 76.6 Å². The Hall–Kier alpha value is -2.41. The molecule has 0 bridgehead atoms. The molecule has 31 heavy (non-hydrogen) atoms. The van der Waals surface area contributed by atoms with E-state index in [-0.39, 0.29) is 18.7 Å². The fourth-order valence-corrected chi connectivity index (χ4v) is 4.11. The van der Waals surface area contributed by atoms with Crippen LogP contribution in [0.4, 0.5) is 10.2 Å². The summed E-state index contributed by atoms with van der Waals surface area (Å²) < 4.78 is 26.4. The Balaban J connectivity index is 1.67. The lowest BCUT2D eigenvalue weighted by Gasteiger charge is -2.24. The van der Waals surface area contributed by atoms with Crippen molar-refractivity contribution in [3.8, 4) is 0 Å². The Bertz CT molecular complexity index is 967. The van der Waals surface area contributed by atoms with E-state index in [0.717, 1.165) is 36.1 Å². The molecule has 0 N–H and O–H groups in total. The predicted molar refractivity (Wildman–Crippen MR) is 124 cm³/mol. The van der Waals surface area contributed by atoms with Gasteiger partial charge in [-0.2, -0.15) is 0 Å². The highest BCUT2D eigenvalue weighted by atomic mass is 79.9. The molecule has 2 atom stereocenters. The molecule has 4 rings (SSSR count). The number of ether oxygens (including phenoxy) is 2. The summed E-state index contributed by atoms with van der Waals surface area (Å²) >= 11 is 3.59. The van der Waals surface area contributed by atoms with Crippen LogP contribution in [0.15, 0.2) is 77.9 Å². The lowest BCUT2D eigenvalue weighted by Crippen LogP contribution is -2.23. The molecule has 0 amide bonds. The molecule has 0 saturated carbocycles. The van der Waals surface area contributed by atoms with Crippen LogP contribution in [-0.4, -0.2) is 30.2 Å². The van der Waals surface area contributed by atoms with Gasteiger partial charge in [-0.3, -0.25) is 0 Å². The Kier molecular flexibility index (Phi) is 7.57. The van der Waals surface area contributed by atoms with Gasteiger partial charge in [0.05, 0.1) is 17.1 Å². The van der Waals surface area contributed by atoms with E-state index in [1.807, 2.05) is 60.7 Å². The maximum Gasteiger partial charge on any atom is 0.159 e. The number of aliphatic imine (C=N–C) groups is 1. The molecule has 2 unspecified atom stereocenters. The minimum atomic E-state index is -0.404. The molecule has 3 aromatic rings. The van der Waals surface area contributed by atoms with Crippen LogP contribution in [0.25, 0.3) is 0 Å². The number of hydrogen-bond donors (Lipinski definition) is 0. The van der Waals surface area contributed by atoms with E-state index >= 15 is 0 Å². The Morgan fingerprint density at radius 3 is 2.35 bits per heavy atom. The number of aromatic nitrogens is 1. The largest absolute Gasteiger partial charge is 0.353 e. The molecule has 1 aliphatic heterocycles. The van der Waals surface area contributed by atoms with Gasteiger partial charge in [0.15, 0.2) is 12.1 Å². The lowest BCUT2D eigenvalue weighted by molar-refractivity contribution is -0.161. The topological polar surface area (TPSA) is 43.7 Å². The van der Waals surface area contributed by atoms with Gasteiger partial charge in [0.1, 0.15) is 5.82 Å². The molecular weight excluding hydrogens is 459 g/mol. The third kappa shape index (κ3) is 5.64. The smallest absolute Gasteiger partial charge is 0.159 e. The number of pyridine rings is 1. The third-order valence-electron chi connectivity index (χ3n) is 5.11. The molecule has 0 aliphatic carbocycles. The summed E-state index contributed by atoms with van der Waals surface area (Å²) in [4.78, 5) is 8.82. The quantitative estimate of drug-likeness (QED) is 0.290. The van der Waals surface area contributed by atoms with Crippen molar-refractivity contribution in [1.82, 2.24) is 4.98 Å². The molecule has 1 aromatic heterocycles. The Morgan fingerprint density at radius 1 is 1.06 bits per heavy atom. The summed E-state index contributed by atoms with van der Waals surface area (Å²) in [7, 11) is 0. The highest BCUT2D eigenvalue weighted by molar-refractivity contribution is 9.09. The van der Waals surface area contributed by atoms with E-state index in [0.29, 0.717) is 18.0 Å². The number of rotatable bonds is 7. The number of nitrogens with zero attached hydrogens (tertiary/aromatic N) is 2. The zero-order valence-corrected chi connectivity index (χ0v) is 18.7. The average molecular weight is 483 g/mol. The van der Waals surface area contributed by atoms with E-state index in [1.54, 1.807) is 0 Å². The van der Waals surface area contributed by atoms with Crippen LogP contribution in [0.3, 0.4) is 0 Å². The van der Waals surface area contributed by atoms with Crippen molar-refractivity contribution in [2.24, 2.45) is 4.99 Å². The van der Waals surface area contributed by atoms with Crippen molar-refractivity contribution >= 4 is 27.5 Å². The van der Waals surface area contributed by atoms with E-state index in [1.165, 1.54) is 12.3 Å². The summed E-state index contributed by atoms with van der Waals surface area (Å²) in [5.74, 6) is -0.0398. The van der Waals surface area contributed by atoms with Crippen molar-refractivity contribution < 1.29 is 13.9 Å². The number of alkyl halides is 1. The minimum absolute atomic E-state index is 0.246. The zero-order chi connectivity index (χ0) is 21.5. The zero-order valence-electron chi connectivity index (χ0n) is 17.1. The normalized spacial score (nSPS) is 17.2. The van der Waals surface area contributed by atoms with Crippen molar-refractivity contribution in [2.45, 2.75) is 30.4 Å². The molecule has 1 fully saturated rings. The Labute approximate surface area is 190 Å². The predicted octanol–water partition coefficient (Wildman–Crippen LogP) is 6.37. The molecule has 1 saturated heterocycles. The molecule has 2 heterocycles. The Morgan fingerprint density at radius 2 is 1.74 bits per heavy atom. The van der Waals surface area contributed by atoms with Crippen LogP contribution in [0.1, 0.15) is 40.8 Å². The average Bonchev–Trinajstić information content (AvgIpc) is 2.83. The van der Waals surface area contributed by atoms with Crippen molar-refractivity contribution in [3.63, 3.8) is 0 Å². The molecule has 6 heteroatoms. The van der Waals surface area contributed by atoms with Gasteiger partial charge in [0.25, 0.3) is 0 Å². The standard InChI is InChI=1S/C25H24BrFN2O2/c26-20(17-31-22-13-7-8-16-30-22)23-21(27)14-15-28-25(23)29-24(18-9-3-1-4-10-18)19-11-5-2-6-12-19/h1-6,9-12,14-15,20,22H,7-8,13,16-17H2. The summed E-state index contributed by atoms with van der Waals surface area (Å²) in [6, 6.07) is 21.0. The first-order valence-corrected chi connectivity index (χ1v) is 11.3. The van der Waals surface area contributed by atoms with E-state index < -0.39 is 4.83 Å². The summed E-state index contributed by atoms with van der Waals surface area (Å²) in [6.07, 6.45) is 4.17. The second-order valence-corrected chi connectivity index (χ2v) is 8.42. The summed E-state index contributed by atoms with van der Waals surface area (Å²) in [5.41, 5.74) is 2.98. The maximum absolute atomic E-state index is 14.9. The third-order valence-corrected chi connectivity index (χ3v) is 5.83. The van der Waals surface area contributed by atoms with Gasteiger partial charge in [-0.25, -0.2) is 14.4 Å². The van der Waals surface area contributed by atoms with E-state index in [2.05, 4.69) is 20.9 Å². The van der Waals surface area contributed by atoms with Gasteiger partial charge in [0, 0.05) is 29.5 Å². The minimum Gasteiger partial charge on any atom is -0.353 e. The first-order valence-electron chi connectivity index (χ1n) is 10.4. The maximum atomic E-state index is 14.9. The van der Waals surface area contributed by atoms with Gasteiger partial charge in [-0.15, -0.1) is 0 Å².